The molecule has 0 amide bonds. The molecule has 0 saturated carbocycles. The Balaban J connectivity index is 2.47. The van der Waals surface area contributed by atoms with Gasteiger partial charge in [0.1, 0.15) is 5.82 Å². The van der Waals surface area contributed by atoms with E-state index in [-0.39, 0.29) is 10.5 Å². The molecular weight excluding hydrogens is 279 g/mol. The first-order chi connectivity index (χ1) is 9.46. The number of hydrogen-bond donors (Lipinski definition) is 1. The van der Waals surface area contributed by atoms with E-state index in [4.69, 9.17) is 0 Å². The summed E-state index contributed by atoms with van der Waals surface area (Å²) in [5.41, 5.74) is 0.807. The first kappa shape index (κ1) is 15.2. The van der Waals surface area contributed by atoms with Gasteiger partial charge in [0.2, 0.25) is 10.0 Å². The first-order valence-electron chi connectivity index (χ1n) is 6.55. The van der Waals surface area contributed by atoms with Gasteiger partial charge in [0, 0.05) is 25.2 Å². The zero-order valence-electron chi connectivity index (χ0n) is 11.7. The normalized spacial score (nSPS) is 16.6. The van der Waals surface area contributed by atoms with Crippen molar-refractivity contribution in [3.63, 3.8) is 0 Å². The summed E-state index contributed by atoms with van der Waals surface area (Å²) in [6.07, 6.45) is 4.47. The Morgan fingerprint density at radius 2 is 2.10 bits per heavy atom. The minimum Gasteiger partial charge on any atom is -0.316 e. The molecule has 1 aliphatic heterocycles. The van der Waals surface area contributed by atoms with Crippen LogP contribution >= 0.6 is 0 Å². The molecule has 0 spiro atoms. The van der Waals surface area contributed by atoms with Crippen molar-refractivity contribution < 1.29 is 12.8 Å². The van der Waals surface area contributed by atoms with Gasteiger partial charge < -0.3 is 5.32 Å². The SMILES string of the molecule is CNCc1cc(F)c(C)c(S(=O)(=O)N2CC=CCC2)c1. The number of nitrogens with one attached hydrogen (secondary N) is 1. The minimum atomic E-state index is -3.64. The predicted octanol–water partition coefficient (Wildman–Crippen LogP) is 1.80. The predicted molar refractivity (Wildman–Crippen MR) is 76.4 cm³/mol. The molecule has 0 unspecified atom stereocenters. The minimum absolute atomic E-state index is 0.0676. The maximum Gasteiger partial charge on any atom is 0.243 e. The lowest BCUT2D eigenvalue weighted by molar-refractivity contribution is 0.436. The second-order valence-electron chi connectivity index (χ2n) is 4.85. The van der Waals surface area contributed by atoms with Gasteiger partial charge in [0.25, 0.3) is 0 Å². The highest BCUT2D eigenvalue weighted by atomic mass is 32.2. The Morgan fingerprint density at radius 1 is 1.35 bits per heavy atom. The Hall–Kier alpha value is -1.24. The Labute approximate surface area is 119 Å². The van der Waals surface area contributed by atoms with Crippen molar-refractivity contribution in [2.75, 3.05) is 20.1 Å². The quantitative estimate of drug-likeness (QED) is 0.862. The molecule has 20 heavy (non-hydrogen) atoms. The lowest BCUT2D eigenvalue weighted by atomic mass is 10.1. The molecule has 0 fully saturated rings. The maximum atomic E-state index is 13.9. The number of rotatable bonds is 4. The molecule has 1 aromatic carbocycles. The highest BCUT2D eigenvalue weighted by Crippen LogP contribution is 2.25. The third-order valence-corrected chi connectivity index (χ3v) is 5.37. The van der Waals surface area contributed by atoms with Gasteiger partial charge in [0.05, 0.1) is 4.90 Å². The van der Waals surface area contributed by atoms with Crippen molar-refractivity contribution in [1.29, 1.82) is 0 Å². The molecule has 0 atom stereocenters. The zero-order valence-corrected chi connectivity index (χ0v) is 12.5. The van der Waals surface area contributed by atoms with Gasteiger partial charge in [-0.2, -0.15) is 4.31 Å². The molecule has 4 nitrogen and oxygen atoms in total. The molecule has 0 radical (unpaired) electrons. The lowest BCUT2D eigenvalue weighted by Crippen LogP contribution is -2.34. The average molecular weight is 298 g/mol. The summed E-state index contributed by atoms with van der Waals surface area (Å²) in [4.78, 5) is 0.0676. The van der Waals surface area contributed by atoms with Gasteiger partial charge in [-0.25, -0.2) is 12.8 Å². The molecule has 0 aliphatic carbocycles. The molecule has 0 aromatic heterocycles. The molecule has 110 valence electrons. The number of benzene rings is 1. The van der Waals surface area contributed by atoms with E-state index in [0.717, 1.165) is 0 Å². The third-order valence-electron chi connectivity index (χ3n) is 3.38. The second kappa shape index (κ2) is 6.03. The highest BCUT2D eigenvalue weighted by molar-refractivity contribution is 7.89. The first-order valence-corrected chi connectivity index (χ1v) is 7.99. The summed E-state index contributed by atoms with van der Waals surface area (Å²) in [5, 5.41) is 2.90. The standard InChI is InChI=1S/C14H19FN2O2S/c1-11-13(15)8-12(10-16-2)9-14(11)20(18,19)17-6-4-3-5-7-17/h3-4,8-9,16H,5-7,10H2,1-2H3. The van der Waals surface area contributed by atoms with Crippen molar-refractivity contribution in [1.82, 2.24) is 9.62 Å². The number of halogens is 1. The second-order valence-corrected chi connectivity index (χ2v) is 6.76. The van der Waals surface area contributed by atoms with Crippen LogP contribution in [-0.2, 0) is 16.6 Å². The van der Waals surface area contributed by atoms with Crippen molar-refractivity contribution in [2.45, 2.75) is 24.8 Å². The van der Waals surface area contributed by atoms with E-state index in [9.17, 15) is 12.8 Å². The molecule has 1 aromatic rings. The third kappa shape index (κ3) is 2.92. The van der Waals surface area contributed by atoms with Crippen LogP contribution in [0.25, 0.3) is 0 Å². The Bertz CT molecular complexity index is 626. The van der Waals surface area contributed by atoms with Gasteiger partial charge in [-0.15, -0.1) is 0 Å². The Morgan fingerprint density at radius 3 is 2.70 bits per heavy atom. The monoisotopic (exact) mass is 298 g/mol. The van der Waals surface area contributed by atoms with Crippen LogP contribution in [0.15, 0.2) is 29.2 Å². The summed E-state index contributed by atoms with van der Waals surface area (Å²) in [6, 6.07) is 2.93. The molecule has 0 saturated heterocycles. The molecule has 2 rings (SSSR count). The van der Waals surface area contributed by atoms with E-state index in [1.165, 1.54) is 17.3 Å². The maximum absolute atomic E-state index is 13.9. The van der Waals surface area contributed by atoms with Crippen molar-refractivity contribution in [3.05, 3.63) is 41.2 Å². The van der Waals surface area contributed by atoms with E-state index in [0.29, 0.717) is 31.6 Å². The van der Waals surface area contributed by atoms with Crippen LogP contribution in [0.5, 0.6) is 0 Å². The largest absolute Gasteiger partial charge is 0.316 e. The van der Waals surface area contributed by atoms with Crippen LogP contribution in [0.4, 0.5) is 4.39 Å². The smallest absolute Gasteiger partial charge is 0.243 e. The Kier molecular flexibility index (Phi) is 4.57. The van der Waals surface area contributed by atoms with Crippen molar-refractivity contribution in [3.8, 4) is 0 Å². The van der Waals surface area contributed by atoms with Crippen LogP contribution < -0.4 is 5.32 Å². The molecule has 1 aliphatic rings. The summed E-state index contributed by atoms with van der Waals surface area (Å²) in [7, 11) is -1.90. The van der Waals surface area contributed by atoms with Gasteiger partial charge in [0.15, 0.2) is 0 Å². The van der Waals surface area contributed by atoms with E-state index in [2.05, 4.69) is 5.32 Å². The topological polar surface area (TPSA) is 49.4 Å². The molecule has 1 N–H and O–H groups in total. The van der Waals surface area contributed by atoms with Crippen LogP contribution in [0.3, 0.4) is 0 Å². The zero-order chi connectivity index (χ0) is 14.8. The van der Waals surface area contributed by atoms with Crippen LogP contribution in [0, 0.1) is 12.7 Å². The summed E-state index contributed by atoms with van der Waals surface area (Å²) in [5.74, 6) is -0.483. The molecule has 0 bridgehead atoms. The highest BCUT2D eigenvalue weighted by Gasteiger charge is 2.27. The van der Waals surface area contributed by atoms with Gasteiger partial charge in [-0.05, 0) is 38.1 Å². The summed E-state index contributed by atoms with van der Waals surface area (Å²) >= 11 is 0. The fourth-order valence-electron chi connectivity index (χ4n) is 2.26. The van der Waals surface area contributed by atoms with Gasteiger partial charge >= 0.3 is 0 Å². The average Bonchev–Trinajstić information content (AvgIpc) is 2.43. The van der Waals surface area contributed by atoms with Crippen LogP contribution in [0.2, 0.25) is 0 Å². The number of nitrogens with zero attached hydrogens (tertiary/aromatic N) is 1. The summed E-state index contributed by atoms with van der Waals surface area (Å²) in [6.45, 7) is 2.72. The van der Waals surface area contributed by atoms with E-state index in [1.54, 1.807) is 13.1 Å². The molecule has 6 heteroatoms. The fraction of sp³-hybridized carbons (Fsp3) is 0.429. The number of hydrogen-bond acceptors (Lipinski definition) is 3. The van der Waals surface area contributed by atoms with Gasteiger partial charge in [-0.1, -0.05) is 12.2 Å². The lowest BCUT2D eigenvalue weighted by Gasteiger charge is -2.24. The molecule has 1 heterocycles. The van der Waals surface area contributed by atoms with Crippen LogP contribution in [-0.4, -0.2) is 32.9 Å². The summed E-state index contributed by atoms with van der Waals surface area (Å²) < 4.78 is 40.6. The van der Waals surface area contributed by atoms with Gasteiger partial charge in [-0.3, -0.25) is 0 Å². The van der Waals surface area contributed by atoms with E-state index in [1.807, 2.05) is 12.2 Å². The van der Waals surface area contributed by atoms with E-state index < -0.39 is 15.8 Å². The van der Waals surface area contributed by atoms with E-state index >= 15 is 0 Å². The van der Waals surface area contributed by atoms with Crippen molar-refractivity contribution >= 4 is 10.0 Å². The van der Waals surface area contributed by atoms with Crippen LogP contribution in [0.1, 0.15) is 17.5 Å². The number of sulfonamides is 1. The molecular formula is C14H19FN2O2S. The fourth-order valence-corrected chi connectivity index (χ4v) is 3.95. The van der Waals surface area contributed by atoms with Crippen molar-refractivity contribution in [2.24, 2.45) is 0 Å².